The Morgan fingerprint density at radius 2 is 1.52 bits per heavy atom. The van der Waals surface area contributed by atoms with Gasteiger partial charge in [0.1, 0.15) is 42.3 Å². The first-order chi connectivity index (χ1) is 27.6. The fourth-order valence-electron chi connectivity index (χ4n) is 6.33. The summed E-state index contributed by atoms with van der Waals surface area (Å²) in [5, 5.41) is 30.6. The van der Waals surface area contributed by atoms with Gasteiger partial charge in [-0.2, -0.15) is 0 Å². The quantitative estimate of drug-likeness (QED) is 0.0732. The average Bonchev–Trinajstić information content (AvgIpc) is 3.18. The molecular formula is C44H61N5O9. The molecule has 1 aliphatic heterocycles. The highest BCUT2D eigenvalue weighted by Crippen LogP contribution is 2.18. The number of hydrogen-bond acceptors (Lipinski definition) is 9. The Morgan fingerprint density at radius 1 is 0.879 bits per heavy atom. The van der Waals surface area contributed by atoms with E-state index in [0.29, 0.717) is 11.1 Å². The van der Waals surface area contributed by atoms with Crippen LogP contribution in [-0.2, 0) is 46.3 Å². The van der Waals surface area contributed by atoms with E-state index in [9.17, 15) is 39.0 Å². The Morgan fingerprint density at radius 3 is 2.12 bits per heavy atom. The zero-order valence-electron chi connectivity index (χ0n) is 34.5. The lowest BCUT2D eigenvalue weighted by Gasteiger charge is -2.32. The van der Waals surface area contributed by atoms with Crippen LogP contribution in [0.15, 0.2) is 72.8 Å². The van der Waals surface area contributed by atoms with E-state index >= 15 is 0 Å². The standard InChI is InChI=1S/C44H61N5O9/c1-7-8-9-10-11-12-13-14-37(52)46-35(25-30-15-20-33(50)21-16-30)41(54)48-39(28(2)3)42(55)45-32-19-24-38(53)47-40(29(4)5)43(56)49(6)36(44(57)58-27-32)26-31-17-22-34(51)23-18-31/h12-13,15-24,28-29,32,35-36,39-40,50-51H,7-11,14,25-27H2,1-6H3,(H,45,55)(H,46,52)(H,47,53)(H,48,54)/b13-12-,24-19-/t32?,35-,36?,39-,40-/m0/s1. The number of nitrogens with zero attached hydrogens (tertiary/aromatic N) is 1. The maximum absolute atomic E-state index is 13.9. The van der Waals surface area contributed by atoms with Gasteiger partial charge in [0.25, 0.3) is 0 Å². The van der Waals surface area contributed by atoms with Crippen molar-refractivity contribution >= 4 is 35.5 Å². The number of aromatic hydroxyl groups is 2. The molecule has 14 heteroatoms. The number of allylic oxidation sites excluding steroid dienone is 1. The summed E-state index contributed by atoms with van der Waals surface area (Å²) in [6, 6.07) is 7.15. The van der Waals surface area contributed by atoms with Gasteiger partial charge >= 0.3 is 5.97 Å². The van der Waals surface area contributed by atoms with Crippen molar-refractivity contribution in [2.45, 2.75) is 116 Å². The van der Waals surface area contributed by atoms with Crippen LogP contribution in [0.25, 0.3) is 0 Å². The fraction of sp³-hybridized carbons (Fsp3) is 0.500. The van der Waals surface area contributed by atoms with Gasteiger partial charge in [-0.1, -0.05) is 96.4 Å². The summed E-state index contributed by atoms with van der Waals surface area (Å²) < 4.78 is 5.69. The number of carbonyl (C=O) groups excluding carboxylic acids is 6. The van der Waals surface area contributed by atoms with Crippen LogP contribution in [0.4, 0.5) is 0 Å². The number of likely N-dealkylation sites (N-methyl/N-ethyl adjacent to an activating group) is 1. The second kappa shape index (κ2) is 23.5. The van der Waals surface area contributed by atoms with Crippen LogP contribution in [0.1, 0.15) is 84.3 Å². The highest BCUT2D eigenvalue weighted by atomic mass is 16.5. The molecule has 14 nitrogen and oxygen atoms in total. The van der Waals surface area contributed by atoms with Gasteiger partial charge in [0.05, 0.1) is 6.04 Å². The first-order valence-corrected chi connectivity index (χ1v) is 20.1. The number of hydrogen-bond donors (Lipinski definition) is 6. The molecule has 0 spiro atoms. The molecule has 6 N–H and O–H groups in total. The lowest BCUT2D eigenvalue weighted by atomic mass is 9.99. The summed E-state index contributed by atoms with van der Waals surface area (Å²) in [6.07, 6.45) is 11.7. The highest BCUT2D eigenvalue weighted by molar-refractivity contribution is 5.95. The summed E-state index contributed by atoms with van der Waals surface area (Å²) in [5.41, 5.74) is 1.32. The Labute approximate surface area is 341 Å². The van der Waals surface area contributed by atoms with Gasteiger partial charge < -0.3 is 41.1 Å². The first-order valence-electron chi connectivity index (χ1n) is 20.1. The molecule has 2 unspecified atom stereocenters. The number of nitrogens with one attached hydrogen (secondary N) is 4. The molecule has 0 aromatic heterocycles. The van der Waals surface area contributed by atoms with Crippen molar-refractivity contribution in [1.29, 1.82) is 0 Å². The van der Waals surface area contributed by atoms with Crippen molar-refractivity contribution in [1.82, 2.24) is 26.2 Å². The number of amides is 5. The van der Waals surface area contributed by atoms with E-state index in [4.69, 9.17) is 4.74 Å². The summed E-state index contributed by atoms with van der Waals surface area (Å²) in [7, 11) is 1.46. The predicted octanol–water partition coefficient (Wildman–Crippen LogP) is 3.99. The lowest BCUT2D eigenvalue weighted by molar-refractivity contribution is -0.156. The first kappa shape index (κ1) is 46.7. The number of phenols is 2. The molecular weight excluding hydrogens is 743 g/mol. The predicted molar refractivity (Wildman–Crippen MR) is 220 cm³/mol. The van der Waals surface area contributed by atoms with Crippen LogP contribution < -0.4 is 21.3 Å². The SMILES string of the molecule is CCCCCC/C=C\CC(=O)N[C@@H](Cc1ccc(O)cc1)C(=O)N[C@H](C(=O)NC1/C=C\C(=O)N[C@@H](C(C)C)C(=O)N(C)C(Cc2ccc(O)cc2)C(=O)OC1)C(C)C. The molecule has 2 aromatic rings. The monoisotopic (exact) mass is 803 g/mol. The lowest BCUT2D eigenvalue weighted by Crippen LogP contribution is -2.57. The van der Waals surface area contributed by atoms with Crippen molar-refractivity contribution < 1.29 is 43.7 Å². The van der Waals surface area contributed by atoms with E-state index in [0.717, 1.165) is 38.2 Å². The minimum Gasteiger partial charge on any atom is -0.508 e. The maximum atomic E-state index is 13.9. The molecule has 58 heavy (non-hydrogen) atoms. The second-order valence-corrected chi connectivity index (χ2v) is 15.4. The van der Waals surface area contributed by atoms with E-state index < -0.39 is 72.3 Å². The summed E-state index contributed by atoms with van der Waals surface area (Å²) >= 11 is 0. The van der Waals surface area contributed by atoms with Crippen molar-refractivity contribution in [3.8, 4) is 11.5 Å². The fourth-order valence-corrected chi connectivity index (χ4v) is 6.33. The largest absolute Gasteiger partial charge is 0.508 e. The molecule has 0 saturated heterocycles. The topological polar surface area (TPSA) is 203 Å². The van der Waals surface area contributed by atoms with Crippen molar-refractivity contribution in [3.63, 3.8) is 0 Å². The number of carbonyl (C=O) groups is 6. The van der Waals surface area contributed by atoms with E-state index in [2.05, 4.69) is 28.2 Å². The smallest absolute Gasteiger partial charge is 0.329 e. The molecule has 1 heterocycles. The molecule has 316 valence electrons. The summed E-state index contributed by atoms with van der Waals surface area (Å²) in [5.74, 6) is -4.15. The van der Waals surface area contributed by atoms with Crippen molar-refractivity contribution in [2.24, 2.45) is 11.8 Å². The third-order valence-corrected chi connectivity index (χ3v) is 9.86. The van der Waals surface area contributed by atoms with Gasteiger partial charge in [0.15, 0.2) is 0 Å². The molecule has 0 radical (unpaired) electrons. The highest BCUT2D eigenvalue weighted by Gasteiger charge is 2.36. The van der Waals surface area contributed by atoms with Crippen LogP contribution in [0.3, 0.4) is 0 Å². The normalized spacial score (nSPS) is 19.4. The minimum atomic E-state index is -1.11. The van der Waals surface area contributed by atoms with Crippen LogP contribution in [0.5, 0.6) is 11.5 Å². The van der Waals surface area contributed by atoms with Gasteiger partial charge in [0, 0.05) is 32.4 Å². The molecule has 5 atom stereocenters. The van der Waals surface area contributed by atoms with Crippen LogP contribution in [0, 0.1) is 11.8 Å². The Balaban J connectivity index is 1.82. The Bertz CT molecular complexity index is 1740. The average molecular weight is 804 g/mol. The summed E-state index contributed by atoms with van der Waals surface area (Å²) in [4.78, 5) is 82.4. The van der Waals surface area contributed by atoms with Gasteiger partial charge in [-0.05, 0) is 60.1 Å². The third-order valence-electron chi connectivity index (χ3n) is 9.86. The van der Waals surface area contributed by atoms with Gasteiger partial charge in [0.2, 0.25) is 29.5 Å². The van der Waals surface area contributed by atoms with Crippen LogP contribution in [0.2, 0.25) is 0 Å². The molecule has 5 amide bonds. The molecule has 0 fully saturated rings. The number of phenolic OH excluding ortho intramolecular Hbond substituents is 2. The van der Waals surface area contributed by atoms with E-state index in [1.165, 1.54) is 42.3 Å². The van der Waals surface area contributed by atoms with Crippen molar-refractivity contribution in [2.75, 3.05) is 13.7 Å². The minimum absolute atomic E-state index is 0.0344. The van der Waals surface area contributed by atoms with Gasteiger partial charge in [-0.15, -0.1) is 0 Å². The van der Waals surface area contributed by atoms with Crippen LogP contribution >= 0.6 is 0 Å². The molecule has 0 saturated carbocycles. The molecule has 0 bridgehead atoms. The Kier molecular flexibility index (Phi) is 19.0. The molecule has 1 aliphatic rings. The number of benzene rings is 2. The molecule has 0 aliphatic carbocycles. The zero-order valence-corrected chi connectivity index (χ0v) is 34.5. The Hall–Kier alpha value is -5.66. The van der Waals surface area contributed by atoms with E-state index in [1.54, 1.807) is 58.0 Å². The number of cyclic esters (lactones) is 1. The van der Waals surface area contributed by atoms with Gasteiger partial charge in [-0.3, -0.25) is 24.0 Å². The second-order valence-electron chi connectivity index (χ2n) is 15.4. The zero-order chi connectivity index (χ0) is 42.8. The summed E-state index contributed by atoms with van der Waals surface area (Å²) in [6.45, 7) is 8.74. The van der Waals surface area contributed by atoms with Gasteiger partial charge in [-0.25, -0.2) is 4.79 Å². The maximum Gasteiger partial charge on any atom is 0.329 e. The van der Waals surface area contributed by atoms with E-state index in [1.807, 2.05) is 6.08 Å². The molecule has 3 rings (SSSR count). The third kappa shape index (κ3) is 15.4. The number of unbranched alkanes of at least 4 members (excludes halogenated alkanes) is 4. The van der Waals surface area contributed by atoms with Crippen molar-refractivity contribution in [3.05, 3.63) is 84.0 Å². The number of ether oxygens (including phenoxy) is 1. The number of rotatable bonds is 18. The molecule has 2 aromatic carbocycles. The van der Waals surface area contributed by atoms with E-state index in [-0.39, 0.29) is 42.6 Å². The number of esters is 1. The van der Waals surface area contributed by atoms with Crippen LogP contribution in [-0.4, -0.2) is 94.5 Å².